The maximum absolute atomic E-state index is 13.3. The highest BCUT2D eigenvalue weighted by Gasteiger charge is 2.45. The molecule has 0 saturated carbocycles. The van der Waals surface area contributed by atoms with Gasteiger partial charge in [-0.25, -0.2) is 4.79 Å². The Morgan fingerprint density at radius 3 is 2.32 bits per heavy atom. The van der Waals surface area contributed by atoms with Crippen molar-refractivity contribution in [3.8, 4) is 0 Å². The summed E-state index contributed by atoms with van der Waals surface area (Å²) in [7, 11) is 0. The van der Waals surface area contributed by atoms with Gasteiger partial charge in [-0.05, 0) is 55.8 Å². The van der Waals surface area contributed by atoms with Crippen molar-refractivity contribution in [3.63, 3.8) is 0 Å². The molecule has 0 atom stereocenters. The van der Waals surface area contributed by atoms with E-state index >= 15 is 0 Å². The van der Waals surface area contributed by atoms with E-state index in [1.165, 1.54) is 28.4 Å². The van der Waals surface area contributed by atoms with E-state index in [4.69, 9.17) is 0 Å². The minimum atomic E-state index is -4.81. The lowest BCUT2D eigenvalue weighted by Crippen LogP contribution is -2.53. The second-order valence-corrected chi connectivity index (χ2v) is 11.0. The molecular formula is C25H24F6N4O2S. The summed E-state index contributed by atoms with van der Waals surface area (Å²) in [6.07, 6.45) is -5.60. The van der Waals surface area contributed by atoms with Gasteiger partial charge in [-0.3, -0.25) is 9.69 Å². The third-order valence-electron chi connectivity index (χ3n) is 7.50. The standard InChI is InChI=1S/C25H24F6N4O2S/c1-15(36)21-19(25(29,30)31)14-35(32-21)22(37)33-9-6-23(7-10-33)5-2-8-34(23)13-18-11-16-3-4-17(24(26,27)28)12-20(16)38-18/h3-4,11-12,14H,2,5-10,13H2,1H3. The molecule has 5 rings (SSSR count). The quantitative estimate of drug-likeness (QED) is 0.274. The maximum atomic E-state index is 13.3. The average Bonchev–Trinajstić information content (AvgIpc) is 3.55. The molecule has 4 heterocycles. The summed E-state index contributed by atoms with van der Waals surface area (Å²) in [5.74, 6) is -0.876. The van der Waals surface area contributed by atoms with Crippen molar-refractivity contribution < 1.29 is 35.9 Å². The molecule has 0 radical (unpaired) electrons. The molecule has 2 saturated heterocycles. The fraction of sp³-hybridized carbons (Fsp3) is 0.480. The molecule has 1 aromatic carbocycles. The van der Waals surface area contributed by atoms with Gasteiger partial charge in [0.2, 0.25) is 0 Å². The molecule has 204 valence electrons. The molecule has 1 spiro atoms. The van der Waals surface area contributed by atoms with E-state index in [1.54, 1.807) is 0 Å². The van der Waals surface area contributed by atoms with Crippen LogP contribution < -0.4 is 0 Å². The third kappa shape index (κ3) is 4.93. The lowest BCUT2D eigenvalue weighted by molar-refractivity contribution is -0.138. The van der Waals surface area contributed by atoms with Crippen LogP contribution in [0.15, 0.2) is 30.5 Å². The Bertz CT molecular complexity index is 1380. The van der Waals surface area contributed by atoms with E-state index in [-0.39, 0.29) is 5.54 Å². The van der Waals surface area contributed by atoms with Crippen molar-refractivity contribution in [2.24, 2.45) is 0 Å². The number of carbonyl (C=O) groups is 2. The van der Waals surface area contributed by atoms with Crippen molar-refractivity contribution in [2.45, 2.75) is 57.0 Å². The fourth-order valence-corrected chi connectivity index (χ4v) is 6.65. The van der Waals surface area contributed by atoms with Gasteiger partial charge in [-0.15, -0.1) is 11.3 Å². The van der Waals surface area contributed by atoms with Gasteiger partial charge < -0.3 is 4.90 Å². The van der Waals surface area contributed by atoms with Crippen molar-refractivity contribution in [2.75, 3.05) is 19.6 Å². The number of carbonyl (C=O) groups excluding carboxylic acids is 2. The van der Waals surface area contributed by atoms with Crippen LogP contribution in [0.2, 0.25) is 0 Å². The van der Waals surface area contributed by atoms with Crippen LogP contribution in [0.5, 0.6) is 0 Å². The number of ketones is 1. The number of halogens is 6. The molecular weight excluding hydrogens is 534 g/mol. The van der Waals surface area contributed by atoms with Gasteiger partial charge in [-0.2, -0.15) is 36.1 Å². The number of amides is 1. The van der Waals surface area contributed by atoms with Gasteiger partial charge in [0, 0.05) is 47.9 Å². The molecule has 2 aromatic heterocycles. The molecule has 2 aliphatic rings. The van der Waals surface area contributed by atoms with Gasteiger partial charge in [0.1, 0.15) is 11.3 Å². The van der Waals surface area contributed by atoms with Gasteiger partial charge >= 0.3 is 18.4 Å². The minimum Gasteiger partial charge on any atom is -0.323 e. The fourth-order valence-electron chi connectivity index (χ4n) is 5.53. The van der Waals surface area contributed by atoms with E-state index in [1.807, 2.05) is 6.07 Å². The van der Waals surface area contributed by atoms with Crippen LogP contribution in [-0.4, -0.2) is 56.6 Å². The highest BCUT2D eigenvalue weighted by Crippen LogP contribution is 2.41. The number of piperidine rings is 1. The van der Waals surface area contributed by atoms with E-state index < -0.39 is 41.0 Å². The Kier molecular flexibility index (Phi) is 6.57. The summed E-state index contributed by atoms with van der Waals surface area (Å²) < 4.78 is 80.4. The lowest BCUT2D eigenvalue weighted by Gasteiger charge is -2.44. The number of fused-ring (bicyclic) bond motifs is 1. The van der Waals surface area contributed by atoms with Crippen LogP contribution in [0.25, 0.3) is 10.1 Å². The monoisotopic (exact) mass is 558 g/mol. The van der Waals surface area contributed by atoms with Gasteiger partial charge in [0.15, 0.2) is 5.78 Å². The van der Waals surface area contributed by atoms with Crippen molar-refractivity contribution in [1.82, 2.24) is 19.6 Å². The summed E-state index contributed by atoms with van der Waals surface area (Å²) >= 11 is 1.34. The Balaban J connectivity index is 1.28. The summed E-state index contributed by atoms with van der Waals surface area (Å²) in [5, 5.41) is 4.39. The highest BCUT2D eigenvalue weighted by molar-refractivity contribution is 7.19. The first kappa shape index (κ1) is 26.7. The van der Waals surface area contributed by atoms with Crippen LogP contribution in [0, 0.1) is 0 Å². The van der Waals surface area contributed by atoms with E-state index in [0.29, 0.717) is 48.1 Å². The number of nitrogens with zero attached hydrogens (tertiary/aromatic N) is 4. The third-order valence-corrected chi connectivity index (χ3v) is 8.58. The molecule has 38 heavy (non-hydrogen) atoms. The predicted molar refractivity (Wildman–Crippen MR) is 128 cm³/mol. The molecule has 6 nitrogen and oxygen atoms in total. The number of Topliss-reactive ketones (excluding diaryl/α,β-unsaturated/α-hetero) is 1. The second-order valence-electron chi connectivity index (χ2n) is 9.87. The maximum Gasteiger partial charge on any atom is 0.420 e. The first-order valence-corrected chi connectivity index (χ1v) is 12.9. The number of hydrogen-bond acceptors (Lipinski definition) is 5. The number of benzene rings is 1. The van der Waals surface area contributed by atoms with Crippen LogP contribution in [0.4, 0.5) is 31.1 Å². The van der Waals surface area contributed by atoms with Gasteiger partial charge in [0.25, 0.3) is 0 Å². The zero-order valence-electron chi connectivity index (χ0n) is 20.3. The zero-order chi connectivity index (χ0) is 27.5. The number of thiophene rings is 1. The SMILES string of the molecule is CC(=O)c1nn(C(=O)N2CCC3(CCCN3Cc3cc4ccc(C(F)(F)F)cc4s3)CC2)cc1C(F)(F)F. The van der Waals surface area contributed by atoms with E-state index in [2.05, 4.69) is 10.00 Å². The van der Waals surface area contributed by atoms with E-state index in [0.717, 1.165) is 42.6 Å². The normalized spacial score (nSPS) is 18.6. The first-order chi connectivity index (χ1) is 17.8. The summed E-state index contributed by atoms with van der Waals surface area (Å²) in [6, 6.07) is 4.93. The molecule has 3 aromatic rings. The van der Waals surface area contributed by atoms with Crippen molar-refractivity contribution in [3.05, 3.63) is 52.2 Å². The average molecular weight is 559 g/mol. The molecule has 0 N–H and O–H groups in total. The topological polar surface area (TPSA) is 58.4 Å². The summed E-state index contributed by atoms with van der Waals surface area (Å²) in [5.41, 5.74) is -2.90. The van der Waals surface area contributed by atoms with Crippen LogP contribution in [-0.2, 0) is 18.9 Å². The second kappa shape index (κ2) is 9.37. The van der Waals surface area contributed by atoms with Crippen LogP contribution in [0.1, 0.15) is 59.1 Å². The van der Waals surface area contributed by atoms with Crippen LogP contribution in [0.3, 0.4) is 0 Å². The summed E-state index contributed by atoms with van der Waals surface area (Å²) in [4.78, 5) is 29.3. The van der Waals surface area contributed by atoms with E-state index in [9.17, 15) is 35.9 Å². The molecule has 0 unspecified atom stereocenters. The van der Waals surface area contributed by atoms with Gasteiger partial charge in [0.05, 0.1) is 5.56 Å². The Hall–Kier alpha value is -2.93. The molecule has 2 aliphatic heterocycles. The zero-order valence-corrected chi connectivity index (χ0v) is 21.1. The summed E-state index contributed by atoms with van der Waals surface area (Å²) in [6.45, 7) is 2.98. The number of rotatable bonds is 3. The first-order valence-electron chi connectivity index (χ1n) is 12.1. The van der Waals surface area contributed by atoms with Gasteiger partial charge in [-0.1, -0.05) is 6.07 Å². The number of hydrogen-bond donors (Lipinski definition) is 0. The largest absolute Gasteiger partial charge is 0.420 e. The number of alkyl halides is 6. The Morgan fingerprint density at radius 2 is 1.71 bits per heavy atom. The van der Waals surface area contributed by atoms with Crippen LogP contribution >= 0.6 is 11.3 Å². The highest BCUT2D eigenvalue weighted by atomic mass is 32.1. The predicted octanol–water partition coefficient (Wildman–Crippen LogP) is 6.44. The molecule has 0 aliphatic carbocycles. The Labute approximate surface area is 217 Å². The number of likely N-dealkylation sites (tertiary alicyclic amines) is 2. The molecule has 2 fully saturated rings. The molecule has 1 amide bonds. The molecule has 13 heteroatoms. The smallest absolute Gasteiger partial charge is 0.323 e. The molecule has 0 bridgehead atoms. The van der Waals surface area contributed by atoms with Crippen molar-refractivity contribution >= 4 is 33.2 Å². The minimum absolute atomic E-state index is 0.199. The lowest BCUT2D eigenvalue weighted by atomic mass is 9.85. The Morgan fingerprint density at radius 1 is 1.00 bits per heavy atom. The van der Waals surface area contributed by atoms with Crippen molar-refractivity contribution in [1.29, 1.82) is 0 Å². The number of aromatic nitrogens is 2.